The molecule has 1 fully saturated rings. The zero-order valence-electron chi connectivity index (χ0n) is 14.1. The minimum atomic E-state index is 0.638. The molecule has 1 aliphatic carbocycles. The van der Waals surface area contributed by atoms with Gasteiger partial charge in [0.2, 0.25) is 0 Å². The number of nitrogens with one attached hydrogen (secondary N) is 1. The molecule has 1 aromatic carbocycles. The van der Waals surface area contributed by atoms with E-state index in [1.807, 2.05) is 24.8 Å². The third-order valence-corrected chi connectivity index (χ3v) is 5.72. The molecule has 130 valence electrons. The molecule has 0 unspecified atom stereocenters. The van der Waals surface area contributed by atoms with Gasteiger partial charge >= 0.3 is 0 Å². The van der Waals surface area contributed by atoms with Crippen molar-refractivity contribution in [1.82, 2.24) is 24.3 Å². The summed E-state index contributed by atoms with van der Waals surface area (Å²) in [6.07, 6.45) is 10.3. The van der Waals surface area contributed by atoms with Gasteiger partial charge in [-0.05, 0) is 40.6 Å². The summed E-state index contributed by atoms with van der Waals surface area (Å²) in [5.74, 6) is 1.76. The van der Waals surface area contributed by atoms with Gasteiger partial charge in [0.1, 0.15) is 15.5 Å². The van der Waals surface area contributed by atoms with Crippen molar-refractivity contribution in [2.45, 2.75) is 23.8 Å². The van der Waals surface area contributed by atoms with Crippen molar-refractivity contribution in [2.24, 2.45) is 0 Å². The number of H-pyrrole nitrogens is 1. The Hall–Kier alpha value is -2.12. The third-order valence-electron chi connectivity index (χ3n) is 4.68. The van der Waals surface area contributed by atoms with E-state index in [-0.39, 0.29) is 0 Å². The Morgan fingerprint density at radius 2 is 1.88 bits per heavy atom. The van der Waals surface area contributed by atoms with Crippen LogP contribution in [0.4, 0.5) is 0 Å². The van der Waals surface area contributed by atoms with E-state index < -0.39 is 0 Å². The third kappa shape index (κ3) is 2.75. The number of thioether (sulfide) groups is 1. The number of hydrogen-bond acceptors (Lipinski definition) is 4. The van der Waals surface area contributed by atoms with E-state index in [0.29, 0.717) is 5.92 Å². The molecule has 0 atom stereocenters. The van der Waals surface area contributed by atoms with Gasteiger partial charge in [-0.1, -0.05) is 24.3 Å². The van der Waals surface area contributed by atoms with Crippen molar-refractivity contribution in [3.8, 4) is 22.5 Å². The van der Waals surface area contributed by atoms with Gasteiger partial charge in [-0.2, -0.15) is 0 Å². The zero-order chi connectivity index (χ0) is 17.7. The lowest BCUT2D eigenvalue weighted by Gasteiger charge is -2.06. The Balaban J connectivity index is 1.52. The number of rotatable bonds is 4. The number of aromatic nitrogens is 5. The molecular formula is C19H16BrN5S. The highest BCUT2D eigenvalue weighted by Crippen LogP contribution is 2.39. The van der Waals surface area contributed by atoms with Crippen molar-refractivity contribution in [1.29, 1.82) is 0 Å². The molecule has 1 N–H and O–H groups in total. The van der Waals surface area contributed by atoms with Crippen LogP contribution in [-0.4, -0.2) is 30.6 Å². The lowest BCUT2D eigenvalue weighted by Crippen LogP contribution is -1.94. The van der Waals surface area contributed by atoms with E-state index in [9.17, 15) is 0 Å². The number of nitrogens with zero attached hydrogens (tertiary/aromatic N) is 4. The van der Waals surface area contributed by atoms with Crippen LogP contribution in [0.3, 0.4) is 0 Å². The van der Waals surface area contributed by atoms with Gasteiger partial charge in [-0.3, -0.25) is 4.40 Å². The molecule has 1 saturated carbocycles. The molecule has 0 amide bonds. The van der Waals surface area contributed by atoms with Gasteiger partial charge in [0, 0.05) is 17.7 Å². The largest absolute Gasteiger partial charge is 0.342 e. The van der Waals surface area contributed by atoms with E-state index in [1.54, 1.807) is 11.8 Å². The van der Waals surface area contributed by atoms with E-state index in [4.69, 9.17) is 0 Å². The maximum absolute atomic E-state index is 4.56. The molecule has 0 saturated heterocycles. The highest BCUT2D eigenvalue weighted by Gasteiger charge is 2.26. The topological polar surface area (TPSA) is 58.9 Å². The Bertz CT molecular complexity index is 1100. The summed E-state index contributed by atoms with van der Waals surface area (Å²) in [6.45, 7) is 0. The summed E-state index contributed by atoms with van der Waals surface area (Å²) in [4.78, 5) is 17.0. The van der Waals surface area contributed by atoms with Crippen molar-refractivity contribution in [3.05, 3.63) is 53.3 Å². The average Bonchev–Trinajstić information content (AvgIpc) is 3.24. The molecule has 0 spiro atoms. The Kier molecular flexibility index (Phi) is 3.86. The second-order valence-electron chi connectivity index (χ2n) is 6.44. The minimum absolute atomic E-state index is 0.638. The predicted octanol–water partition coefficient (Wildman–Crippen LogP) is 5.15. The summed E-state index contributed by atoms with van der Waals surface area (Å²) in [5.41, 5.74) is 5.27. The number of aromatic amines is 1. The van der Waals surface area contributed by atoms with E-state index in [2.05, 4.69) is 64.5 Å². The fraction of sp³-hybridized carbons (Fsp3) is 0.211. The quantitative estimate of drug-likeness (QED) is 0.459. The monoisotopic (exact) mass is 425 g/mol. The molecule has 0 aliphatic heterocycles. The standard InChI is InChI=1S/C19H16BrN5S/c1-26-19-18-22-9-15(25(18)10-16(20)24-19)12-4-2-11(3-5-12)14-8-21-17(23-14)13-6-7-13/h2-5,8-10,13H,6-7H2,1H3,(H,21,23). The van der Waals surface area contributed by atoms with E-state index in [0.717, 1.165) is 43.6 Å². The van der Waals surface area contributed by atoms with Crippen LogP contribution >= 0.6 is 27.7 Å². The second-order valence-corrected chi connectivity index (χ2v) is 8.05. The first-order chi connectivity index (χ1) is 12.7. The maximum atomic E-state index is 4.56. The summed E-state index contributed by atoms with van der Waals surface area (Å²) >= 11 is 5.09. The summed E-state index contributed by atoms with van der Waals surface area (Å²) < 4.78 is 2.88. The number of halogens is 1. The smallest absolute Gasteiger partial charge is 0.170 e. The van der Waals surface area contributed by atoms with Gasteiger partial charge in [0.15, 0.2) is 5.65 Å². The number of fused-ring (bicyclic) bond motifs is 1. The van der Waals surface area contributed by atoms with Crippen LogP contribution in [0.5, 0.6) is 0 Å². The normalized spacial score (nSPS) is 14.2. The number of benzene rings is 1. The molecule has 0 radical (unpaired) electrons. The first kappa shape index (κ1) is 16.1. The summed E-state index contributed by atoms with van der Waals surface area (Å²) in [7, 11) is 0. The minimum Gasteiger partial charge on any atom is -0.342 e. The molecular weight excluding hydrogens is 410 g/mol. The van der Waals surface area contributed by atoms with Crippen LogP contribution in [0.2, 0.25) is 0 Å². The molecule has 0 bridgehead atoms. The van der Waals surface area contributed by atoms with Gasteiger partial charge in [0.05, 0.1) is 23.8 Å². The first-order valence-electron chi connectivity index (χ1n) is 8.46. The van der Waals surface area contributed by atoms with Crippen LogP contribution in [0.25, 0.3) is 28.2 Å². The van der Waals surface area contributed by atoms with Gasteiger partial charge in [-0.15, -0.1) is 11.8 Å². The maximum Gasteiger partial charge on any atom is 0.170 e. The first-order valence-corrected chi connectivity index (χ1v) is 10.5. The molecule has 3 heterocycles. The van der Waals surface area contributed by atoms with E-state index >= 15 is 0 Å². The van der Waals surface area contributed by atoms with Crippen molar-refractivity contribution in [2.75, 3.05) is 6.26 Å². The van der Waals surface area contributed by atoms with Crippen molar-refractivity contribution in [3.63, 3.8) is 0 Å². The van der Waals surface area contributed by atoms with Crippen LogP contribution in [0, 0.1) is 0 Å². The number of imidazole rings is 2. The van der Waals surface area contributed by atoms with Crippen molar-refractivity contribution >= 4 is 33.3 Å². The Morgan fingerprint density at radius 3 is 2.62 bits per heavy atom. The molecule has 5 nitrogen and oxygen atoms in total. The lowest BCUT2D eigenvalue weighted by atomic mass is 10.1. The van der Waals surface area contributed by atoms with Gasteiger partial charge in [-0.25, -0.2) is 15.0 Å². The molecule has 7 heteroatoms. The molecule has 3 aromatic heterocycles. The highest BCUT2D eigenvalue weighted by atomic mass is 79.9. The fourth-order valence-corrected chi connectivity index (χ4v) is 4.17. The Morgan fingerprint density at radius 1 is 1.12 bits per heavy atom. The van der Waals surface area contributed by atoms with Crippen molar-refractivity contribution < 1.29 is 0 Å². The van der Waals surface area contributed by atoms with Crippen LogP contribution in [0.15, 0.2) is 52.5 Å². The van der Waals surface area contributed by atoms with Gasteiger partial charge < -0.3 is 4.98 Å². The molecule has 1 aliphatic rings. The van der Waals surface area contributed by atoms with Crippen LogP contribution < -0.4 is 0 Å². The second kappa shape index (κ2) is 6.25. The average molecular weight is 426 g/mol. The van der Waals surface area contributed by atoms with Crippen LogP contribution in [-0.2, 0) is 0 Å². The number of hydrogen-bond donors (Lipinski definition) is 1. The fourth-order valence-electron chi connectivity index (χ4n) is 3.15. The van der Waals surface area contributed by atoms with E-state index in [1.165, 1.54) is 12.8 Å². The zero-order valence-corrected chi connectivity index (χ0v) is 16.5. The summed E-state index contributed by atoms with van der Waals surface area (Å²) in [5, 5.41) is 0.910. The Labute approximate surface area is 163 Å². The SMILES string of the molecule is CSc1nc(Br)cn2c(-c3ccc(-c4cnc(C5CC5)[nH]4)cc3)cnc12. The molecule has 4 aromatic rings. The van der Waals surface area contributed by atoms with Crippen LogP contribution in [0.1, 0.15) is 24.6 Å². The van der Waals surface area contributed by atoms with Gasteiger partial charge in [0.25, 0.3) is 0 Å². The summed E-state index contributed by atoms with van der Waals surface area (Å²) in [6, 6.07) is 8.52. The lowest BCUT2D eigenvalue weighted by molar-refractivity contribution is 0.977. The molecule has 26 heavy (non-hydrogen) atoms. The predicted molar refractivity (Wildman–Crippen MR) is 107 cm³/mol. The highest BCUT2D eigenvalue weighted by molar-refractivity contribution is 9.10. The molecule has 5 rings (SSSR count).